The maximum atomic E-state index is 11.5. The van der Waals surface area contributed by atoms with Gasteiger partial charge < -0.3 is 14.4 Å². The van der Waals surface area contributed by atoms with Crippen LogP contribution in [0.3, 0.4) is 0 Å². The van der Waals surface area contributed by atoms with Gasteiger partial charge in [0.1, 0.15) is 22.5 Å². The van der Waals surface area contributed by atoms with Crippen molar-refractivity contribution < 1.29 is 14.3 Å². The number of carbonyl (C=O) groups is 1. The lowest BCUT2D eigenvalue weighted by Gasteiger charge is -2.26. The Morgan fingerprint density at radius 3 is 1.67 bits per heavy atom. The van der Waals surface area contributed by atoms with Crippen LogP contribution in [0, 0.1) is 0 Å². The summed E-state index contributed by atoms with van der Waals surface area (Å²) in [5, 5.41) is 0. The summed E-state index contributed by atoms with van der Waals surface area (Å²) in [6.45, 7) is 5.93. The van der Waals surface area contributed by atoms with E-state index in [0.717, 1.165) is 99.0 Å². The van der Waals surface area contributed by atoms with Crippen molar-refractivity contribution in [1.29, 1.82) is 0 Å². The van der Waals surface area contributed by atoms with Crippen molar-refractivity contribution in [1.82, 2.24) is 8.75 Å². The molecule has 8 heteroatoms. The Kier molecular flexibility index (Phi) is 12.1. The number of unbranched alkanes of at least 4 members (excludes halogenated alkanes) is 6. The fourth-order valence-corrected chi connectivity index (χ4v) is 7.48. The number of ether oxygens (including phenoxy) is 2. The SMILES string of the molecule is CCCCCCOc1ccc(N(c2ccc(OCCCCCC)cc2)c2ccc(-c3ccc(-c4ccc(C=O)c5nsnc45)s3)cc2)cc1. The summed E-state index contributed by atoms with van der Waals surface area (Å²) < 4.78 is 20.9. The summed E-state index contributed by atoms with van der Waals surface area (Å²) in [6.07, 6.45) is 10.3. The van der Waals surface area contributed by atoms with Crippen LogP contribution in [0.1, 0.15) is 75.6 Å². The molecule has 0 saturated carbocycles. The summed E-state index contributed by atoms with van der Waals surface area (Å²) in [6, 6.07) is 33.5. The van der Waals surface area contributed by atoms with E-state index in [1.165, 1.54) is 38.5 Å². The molecule has 252 valence electrons. The molecule has 2 aromatic heterocycles. The van der Waals surface area contributed by atoms with Gasteiger partial charge in [-0.05, 0) is 97.3 Å². The molecule has 0 fully saturated rings. The Labute approximate surface area is 297 Å². The number of benzene rings is 4. The molecule has 0 aliphatic carbocycles. The molecule has 2 heterocycles. The fraction of sp³-hybridized carbons (Fsp3) is 0.293. The van der Waals surface area contributed by atoms with Gasteiger partial charge in [-0.15, -0.1) is 11.3 Å². The summed E-state index contributed by atoms with van der Waals surface area (Å²) in [4.78, 5) is 16.0. The molecular formula is C41H43N3O3S2. The van der Waals surface area contributed by atoms with E-state index in [-0.39, 0.29) is 0 Å². The Morgan fingerprint density at radius 2 is 1.12 bits per heavy atom. The highest BCUT2D eigenvalue weighted by Crippen LogP contribution is 2.40. The van der Waals surface area contributed by atoms with Gasteiger partial charge in [0, 0.05) is 37.9 Å². The molecule has 0 spiro atoms. The molecule has 0 bridgehead atoms. The van der Waals surface area contributed by atoms with E-state index in [1.54, 1.807) is 11.3 Å². The van der Waals surface area contributed by atoms with Crippen molar-refractivity contribution in [3.63, 3.8) is 0 Å². The highest BCUT2D eigenvalue weighted by atomic mass is 32.1. The van der Waals surface area contributed by atoms with Gasteiger partial charge in [-0.2, -0.15) is 8.75 Å². The second-order valence-electron chi connectivity index (χ2n) is 12.1. The second-order valence-corrected chi connectivity index (χ2v) is 13.7. The number of carbonyl (C=O) groups excluding carboxylic acids is 1. The molecule has 6 nitrogen and oxygen atoms in total. The standard InChI is InChI=1S/C41H43N3O3S2/c1-3-5-7-9-27-46-35-20-16-33(17-21-35)44(34-18-22-36(23-19-34)47-28-10-8-6-4-2)32-14-11-30(12-15-32)38-25-26-39(48-38)37-24-13-31(29-45)40-41(37)43-49-42-40/h11-26,29H,3-10,27-28H2,1-2H3. The first kappa shape index (κ1) is 34.3. The third-order valence-electron chi connectivity index (χ3n) is 8.58. The lowest BCUT2D eigenvalue weighted by molar-refractivity contribution is 0.112. The number of aldehydes is 1. The quantitative estimate of drug-likeness (QED) is 0.0661. The van der Waals surface area contributed by atoms with E-state index in [4.69, 9.17) is 9.47 Å². The first-order chi connectivity index (χ1) is 24.2. The van der Waals surface area contributed by atoms with Gasteiger partial charge in [-0.3, -0.25) is 4.79 Å². The van der Waals surface area contributed by atoms with E-state index in [1.807, 2.05) is 12.1 Å². The van der Waals surface area contributed by atoms with E-state index in [9.17, 15) is 4.79 Å². The summed E-state index contributed by atoms with van der Waals surface area (Å²) in [7, 11) is 0. The number of nitrogens with zero attached hydrogens (tertiary/aromatic N) is 3. The van der Waals surface area contributed by atoms with Crippen LogP contribution in [0.4, 0.5) is 17.1 Å². The topological polar surface area (TPSA) is 64.6 Å². The van der Waals surface area contributed by atoms with Gasteiger partial charge in [0.2, 0.25) is 0 Å². The molecule has 6 rings (SSSR count). The van der Waals surface area contributed by atoms with Crippen molar-refractivity contribution in [3.05, 3.63) is 103 Å². The summed E-state index contributed by atoms with van der Waals surface area (Å²) in [5.74, 6) is 1.78. The predicted octanol–water partition coefficient (Wildman–Crippen LogP) is 12.3. The largest absolute Gasteiger partial charge is 0.494 e. The predicted molar refractivity (Wildman–Crippen MR) is 206 cm³/mol. The number of rotatable bonds is 18. The average Bonchev–Trinajstić information content (AvgIpc) is 3.84. The van der Waals surface area contributed by atoms with Crippen LogP contribution >= 0.6 is 23.1 Å². The molecule has 0 radical (unpaired) electrons. The Morgan fingerprint density at radius 1 is 0.592 bits per heavy atom. The van der Waals surface area contributed by atoms with Crippen LogP contribution in [0.25, 0.3) is 31.9 Å². The van der Waals surface area contributed by atoms with Gasteiger partial charge in [0.15, 0.2) is 6.29 Å². The zero-order valence-electron chi connectivity index (χ0n) is 28.3. The summed E-state index contributed by atoms with van der Waals surface area (Å²) in [5.41, 5.74) is 7.30. The molecule has 0 amide bonds. The minimum atomic E-state index is 0.568. The first-order valence-corrected chi connectivity index (χ1v) is 18.9. The molecule has 0 aliphatic rings. The maximum absolute atomic E-state index is 11.5. The van der Waals surface area contributed by atoms with Gasteiger partial charge in [-0.1, -0.05) is 70.6 Å². The van der Waals surface area contributed by atoms with Gasteiger partial charge in [0.05, 0.1) is 24.9 Å². The smallest absolute Gasteiger partial charge is 0.152 e. The van der Waals surface area contributed by atoms with Gasteiger partial charge in [0.25, 0.3) is 0 Å². The number of hydrogen-bond acceptors (Lipinski definition) is 8. The van der Waals surface area contributed by atoms with Crippen molar-refractivity contribution in [2.24, 2.45) is 0 Å². The third kappa shape index (κ3) is 8.56. The highest BCUT2D eigenvalue weighted by molar-refractivity contribution is 7.19. The van der Waals surface area contributed by atoms with Crippen LogP contribution in [0.15, 0.2) is 97.1 Å². The van der Waals surface area contributed by atoms with E-state index in [0.29, 0.717) is 11.1 Å². The molecule has 6 aromatic rings. The molecule has 0 unspecified atom stereocenters. The third-order valence-corrected chi connectivity index (χ3v) is 10.3. The van der Waals surface area contributed by atoms with Gasteiger partial charge >= 0.3 is 0 Å². The zero-order valence-corrected chi connectivity index (χ0v) is 29.9. The zero-order chi connectivity index (χ0) is 33.8. The number of fused-ring (bicyclic) bond motifs is 1. The number of anilines is 3. The molecule has 0 atom stereocenters. The average molecular weight is 690 g/mol. The lowest BCUT2D eigenvalue weighted by atomic mass is 10.1. The van der Waals surface area contributed by atoms with Crippen LogP contribution in [0.5, 0.6) is 11.5 Å². The molecule has 0 N–H and O–H groups in total. The van der Waals surface area contributed by atoms with Crippen LogP contribution in [-0.4, -0.2) is 28.2 Å². The molecular weight excluding hydrogens is 647 g/mol. The Balaban J connectivity index is 1.23. The van der Waals surface area contributed by atoms with Crippen molar-refractivity contribution in [3.8, 4) is 32.4 Å². The first-order valence-electron chi connectivity index (χ1n) is 17.4. The number of aromatic nitrogens is 2. The second kappa shape index (κ2) is 17.2. The van der Waals surface area contributed by atoms with Crippen molar-refractivity contribution in [2.45, 2.75) is 65.2 Å². The maximum Gasteiger partial charge on any atom is 0.152 e. The van der Waals surface area contributed by atoms with Crippen LogP contribution in [0.2, 0.25) is 0 Å². The Bertz CT molecular complexity index is 1860. The van der Waals surface area contributed by atoms with Crippen LogP contribution in [-0.2, 0) is 0 Å². The molecule has 0 aliphatic heterocycles. The number of hydrogen-bond donors (Lipinski definition) is 0. The molecule has 4 aromatic carbocycles. The Hall–Kier alpha value is -4.53. The van der Waals surface area contributed by atoms with Crippen LogP contribution < -0.4 is 14.4 Å². The normalized spacial score (nSPS) is 11.1. The highest BCUT2D eigenvalue weighted by Gasteiger charge is 2.16. The minimum Gasteiger partial charge on any atom is -0.494 e. The van der Waals surface area contributed by atoms with E-state index < -0.39 is 0 Å². The lowest BCUT2D eigenvalue weighted by Crippen LogP contribution is -2.10. The summed E-state index contributed by atoms with van der Waals surface area (Å²) >= 11 is 2.84. The minimum absolute atomic E-state index is 0.568. The molecule has 0 saturated heterocycles. The van der Waals surface area contributed by atoms with Crippen molar-refractivity contribution >= 4 is 57.4 Å². The number of thiophene rings is 1. The van der Waals surface area contributed by atoms with E-state index >= 15 is 0 Å². The van der Waals surface area contributed by atoms with Gasteiger partial charge in [-0.25, -0.2) is 0 Å². The fourth-order valence-electron chi connectivity index (χ4n) is 5.86. The van der Waals surface area contributed by atoms with E-state index in [2.05, 4.69) is 112 Å². The monoisotopic (exact) mass is 689 g/mol. The van der Waals surface area contributed by atoms with Crippen molar-refractivity contribution in [2.75, 3.05) is 18.1 Å². The molecule has 49 heavy (non-hydrogen) atoms.